The van der Waals surface area contributed by atoms with Gasteiger partial charge in [0, 0.05) is 5.69 Å². The van der Waals surface area contributed by atoms with E-state index in [1.54, 1.807) is 48.5 Å². The number of benzene rings is 3. The summed E-state index contributed by atoms with van der Waals surface area (Å²) < 4.78 is 32.8. The second-order valence-corrected chi connectivity index (χ2v) is 8.88. The van der Waals surface area contributed by atoms with Crippen LogP contribution in [-0.4, -0.2) is 20.9 Å². The van der Waals surface area contributed by atoms with Gasteiger partial charge in [0.05, 0.1) is 25.7 Å². The van der Waals surface area contributed by atoms with Gasteiger partial charge in [-0.25, -0.2) is 8.42 Å². The van der Waals surface area contributed by atoms with E-state index in [9.17, 15) is 13.2 Å². The van der Waals surface area contributed by atoms with Crippen LogP contribution < -0.4 is 14.8 Å². The molecule has 0 aliphatic carbocycles. The molecule has 3 rings (SSSR count). The second kappa shape index (κ2) is 9.57. The largest absolute Gasteiger partial charge is 0.482 e. The molecule has 1 amide bonds. The third-order valence-corrected chi connectivity index (χ3v) is 6.32. The van der Waals surface area contributed by atoms with Crippen molar-refractivity contribution in [3.63, 3.8) is 0 Å². The zero-order valence-electron chi connectivity index (χ0n) is 15.2. The van der Waals surface area contributed by atoms with Gasteiger partial charge in [-0.15, -0.1) is 0 Å². The Kier molecular flexibility index (Phi) is 7.10. The average molecular weight is 486 g/mol. The van der Waals surface area contributed by atoms with Crippen LogP contribution in [0.4, 0.5) is 11.4 Å². The number of halogens is 3. The van der Waals surface area contributed by atoms with E-state index in [4.69, 9.17) is 39.5 Å². The molecule has 0 aromatic heterocycles. The van der Waals surface area contributed by atoms with Gasteiger partial charge in [-0.3, -0.25) is 9.52 Å². The van der Waals surface area contributed by atoms with Crippen molar-refractivity contribution in [1.82, 2.24) is 0 Å². The molecule has 10 heteroatoms. The van der Waals surface area contributed by atoms with E-state index < -0.39 is 15.9 Å². The predicted octanol–water partition coefficient (Wildman–Crippen LogP) is 5.47. The van der Waals surface area contributed by atoms with Crippen molar-refractivity contribution in [1.29, 1.82) is 0 Å². The van der Waals surface area contributed by atoms with Crippen molar-refractivity contribution in [2.24, 2.45) is 0 Å². The molecule has 0 saturated heterocycles. The van der Waals surface area contributed by atoms with Gasteiger partial charge in [0.15, 0.2) is 6.61 Å². The number of hydrogen-bond donors (Lipinski definition) is 2. The lowest BCUT2D eigenvalue weighted by atomic mass is 10.3. The summed E-state index contributed by atoms with van der Waals surface area (Å²) in [7, 11) is -3.83. The van der Waals surface area contributed by atoms with Crippen molar-refractivity contribution in [2.75, 3.05) is 16.6 Å². The predicted molar refractivity (Wildman–Crippen MR) is 119 cm³/mol. The first kappa shape index (κ1) is 22.2. The number of anilines is 2. The molecule has 0 unspecified atom stereocenters. The molecule has 0 saturated carbocycles. The fraction of sp³-hybridized carbons (Fsp3) is 0.0500. The quantitative estimate of drug-likeness (QED) is 0.465. The Morgan fingerprint density at radius 2 is 1.63 bits per heavy atom. The van der Waals surface area contributed by atoms with E-state index in [0.29, 0.717) is 16.4 Å². The van der Waals surface area contributed by atoms with Crippen LogP contribution in [-0.2, 0) is 14.8 Å². The maximum absolute atomic E-state index is 12.5. The number of carbonyl (C=O) groups is 1. The van der Waals surface area contributed by atoms with Crippen LogP contribution in [0.1, 0.15) is 0 Å². The fourth-order valence-electron chi connectivity index (χ4n) is 2.42. The zero-order chi connectivity index (χ0) is 21.7. The van der Waals surface area contributed by atoms with E-state index in [0.717, 1.165) is 0 Å². The van der Waals surface area contributed by atoms with Gasteiger partial charge in [0.25, 0.3) is 15.9 Å². The molecule has 3 aromatic carbocycles. The van der Waals surface area contributed by atoms with Crippen molar-refractivity contribution in [3.8, 4) is 5.75 Å². The smallest absolute Gasteiger partial charge is 0.262 e. The molecular formula is C20H15Cl3N2O4S. The number of hydrogen-bond acceptors (Lipinski definition) is 4. The first-order valence-corrected chi connectivity index (χ1v) is 11.1. The Morgan fingerprint density at radius 3 is 2.33 bits per heavy atom. The van der Waals surface area contributed by atoms with Gasteiger partial charge in [-0.2, -0.15) is 0 Å². The molecule has 30 heavy (non-hydrogen) atoms. The maximum Gasteiger partial charge on any atom is 0.262 e. The van der Waals surface area contributed by atoms with Crippen LogP contribution in [0.2, 0.25) is 15.1 Å². The van der Waals surface area contributed by atoms with Crippen LogP contribution in [0.3, 0.4) is 0 Å². The molecule has 3 aromatic rings. The number of ether oxygens (including phenoxy) is 1. The van der Waals surface area contributed by atoms with Crippen LogP contribution in [0.15, 0.2) is 71.6 Å². The second-order valence-electron chi connectivity index (χ2n) is 6.00. The molecule has 0 aliphatic heterocycles. The van der Waals surface area contributed by atoms with Gasteiger partial charge in [-0.05, 0) is 42.5 Å². The summed E-state index contributed by atoms with van der Waals surface area (Å²) in [5.74, 6) is -0.333. The Hall–Kier alpha value is -2.45. The lowest BCUT2D eigenvalue weighted by Crippen LogP contribution is -2.20. The van der Waals surface area contributed by atoms with Gasteiger partial charge in [0.2, 0.25) is 0 Å². The van der Waals surface area contributed by atoms with Crippen molar-refractivity contribution in [3.05, 3.63) is 81.8 Å². The minimum absolute atomic E-state index is 0.0412. The van der Waals surface area contributed by atoms with Gasteiger partial charge in [-0.1, -0.05) is 59.1 Å². The van der Waals surface area contributed by atoms with Gasteiger partial charge in [0.1, 0.15) is 5.75 Å². The highest BCUT2D eigenvalue weighted by Crippen LogP contribution is 2.30. The number of sulfonamides is 1. The molecular weight excluding hydrogens is 471 g/mol. The normalized spacial score (nSPS) is 11.0. The van der Waals surface area contributed by atoms with Gasteiger partial charge >= 0.3 is 0 Å². The monoisotopic (exact) mass is 484 g/mol. The Labute approximate surface area is 188 Å². The molecule has 0 heterocycles. The number of rotatable bonds is 7. The minimum atomic E-state index is -3.83. The lowest BCUT2D eigenvalue weighted by molar-refractivity contribution is -0.118. The molecule has 0 fully saturated rings. The molecule has 0 aliphatic rings. The first-order valence-electron chi connectivity index (χ1n) is 8.50. The summed E-state index contributed by atoms with van der Waals surface area (Å²) in [6.07, 6.45) is 0. The van der Waals surface area contributed by atoms with Crippen LogP contribution in [0, 0.1) is 0 Å². The summed E-state index contributed by atoms with van der Waals surface area (Å²) >= 11 is 18.1. The summed E-state index contributed by atoms with van der Waals surface area (Å²) in [6.45, 7) is -0.364. The topological polar surface area (TPSA) is 84.5 Å². The fourth-order valence-corrected chi connectivity index (χ4v) is 4.15. The van der Waals surface area contributed by atoms with E-state index in [2.05, 4.69) is 10.0 Å². The van der Waals surface area contributed by atoms with E-state index in [1.165, 1.54) is 18.2 Å². The molecule has 2 N–H and O–H groups in total. The molecule has 0 atom stereocenters. The number of carbonyl (C=O) groups excluding carboxylic acids is 1. The van der Waals surface area contributed by atoms with Crippen LogP contribution >= 0.6 is 34.8 Å². The first-order chi connectivity index (χ1) is 14.3. The highest BCUT2D eigenvalue weighted by molar-refractivity contribution is 7.92. The minimum Gasteiger partial charge on any atom is -0.482 e. The summed E-state index contributed by atoms with van der Waals surface area (Å²) in [5, 5.41) is 3.13. The molecule has 6 nitrogen and oxygen atoms in total. The number of para-hydroxylation sites is 1. The molecule has 0 spiro atoms. The van der Waals surface area contributed by atoms with Crippen molar-refractivity contribution >= 4 is 62.1 Å². The Bertz CT molecular complexity index is 1170. The van der Waals surface area contributed by atoms with Crippen molar-refractivity contribution in [2.45, 2.75) is 4.90 Å². The van der Waals surface area contributed by atoms with E-state index in [-0.39, 0.29) is 27.3 Å². The molecule has 0 radical (unpaired) electrons. The SMILES string of the molecule is O=C(COc1ccc(S(=O)(=O)Nc2ccccc2)cc1Cl)Nc1cccc(Cl)c1Cl. The number of amides is 1. The molecule has 0 bridgehead atoms. The lowest BCUT2D eigenvalue weighted by Gasteiger charge is -2.12. The third-order valence-electron chi connectivity index (χ3n) is 3.82. The maximum atomic E-state index is 12.5. The van der Waals surface area contributed by atoms with Gasteiger partial charge < -0.3 is 10.1 Å². The number of nitrogens with one attached hydrogen (secondary N) is 2. The molecule has 156 valence electrons. The Balaban J connectivity index is 1.65. The zero-order valence-corrected chi connectivity index (χ0v) is 18.3. The summed E-state index contributed by atoms with van der Waals surface area (Å²) in [4.78, 5) is 12.1. The summed E-state index contributed by atoms with van der Waals surface area (Å²) in [5.41, 5.74) is 0.766. The average Bonchev–Trinajstić information content (AvgIpc) is 2.71. The van der Waals surface area contributed by atoms with Crippen LogP contribution in [0.5, 0.6) is 5.75 Å². The standard InChI is InChI=1S/C20H15Cl3N2O4S/c21-15-7-4-8-17(20(15)23)24-19(26)12-29-18-10-9-14(11-16(18)22)30(27,28)25-13-5-2-1-3-6-13/h1-11,25H,12H2,(H,24,26). The summed E-state index contributed by atoms with van der Waals surface area (Å²) in [6, 6.07) is 17.2. The highest BCUT2D eigenvalue weighted by atomic mass is 35.5. The Morgan fingerprint density at radius 1 is 0.900 bits per heavy atom. The van der Waals surface area contributed by atoms with Crippen molar-refractivity contribution < 1.29 is 17.9 Å². The van der Waals surface area contributed by atoms with E-state index >= 15 is 0 Å². The highest BCUT2D eigenvalue weighted by Gasteiger charge is 2.17. The van der Waals surface area contributed by atoms with Crippen LogP contribution in [0.25, 0.3) is 0 Å². The van der Waals surface area contributed by atoms with E-state index in [1.807, 2.05) is 0 Å². The third kappa shape index (κ3) is 5.58.